The number of carbonyl (C=O) groups is 1. The van der Waals surface area contributed by atoms with Gasteiger partial charge in [0.2, 0.25) is 5.91 Å². The number of rotatable bonds is 4. The molecule has 7 heteroatoms. The van der Waals surface area contributed by atoms with Crippen LogP contribution in [0, 0.1) is 6.92 Å². The smallest absolute Gasteiger partial charge is 0.228 e. The molecule has 0 radical (unpaired) electrons. The van der Waals surface area contributed by atoms with Gasteiger partial charge in [-0.15, -0.1) is 11.3 Å². The predicted octanol–water partition coefficient (Wildman–Crippen LogP) is 1.76. The van der Waals surface area contributed by atoms with Gasteiger partial charge in [-0.25, -0.2) is 4.98 Å². The summed E-state index contributed by atoms with van der Waals surface area (Å²) in [4.78, 5) is 21.7. The quantitative estimate of drug-likeness (QED) is 0.900. The van der Waals surface area contributed by atoms with Gasteiger partial charge in [0.1, 0.15) is 5.76 Å². The molecule has 2 aliphatic heterocycles. The molecule has 2 aliphatic rings. The number of amides is 1. The standard InChI is InChI=1S/C18H24N4O2S/c1-13-2-3-16(24-13)18-20-14(12-25-18)10-17(23)22-7-4-15(11-22)21-8-5-19-6-9-21/h2-3,12,15,19H,4-11H2,1H3. The van der Waals surface area contributed by atoms with Crippen LogP contribution in [0.15, 0.2) is 21.9 Å². The van der Waals surface area contributed by atoms with Crippen LogP contribution in [-0.2, 0) is 11.2 Å². The van der Waals surface area contributed by atoms with Gasteiger partial charge in [0.15, 0.2) is 10.8 Å². The van der Waals surface area contributed by atoms with Crippen LogP contribution < -0.4 is 5.32 Å². The summed E-state index contributed by atoms with van der Waals surface area (Å²) in [6, 6.07) is 4.38. The molecule has 25 heavy (non-hydrogen) atoms. The highest BCUT2D eigenvalue weighted by molar-refractivity contribution is 7.13. The molecule has 0 aromatic carbocycles. The number of hydrogen-bond donors (Lipinski definition) is 1. The molecular weight excluding hydrogens is 336 g/mol. The third-order valence-electron chi connectivity index (χ3n) is 5.02. The van der Waals surface area contributed by atoms with Crippen LogP contribution in [0.5, 0.6) is 0 Å². The predicted molar refractivity (Wildman–Crippen MR) is 97.7 cm³/mol. The van der Waals surface area contributed by atoms with Gasteiger partial charge in [0, 0.05) is 50.7 Å². The van der Waals surface area contributed by atoms with E-state index in [1.807, 2.05) is 29.3 Å². The van der Waals surface area contributed by atoms with Gasteiger partial charge >= 0.3 is 0 Å². The summed E-state index contributed by atoms with van der Waals surface area (Å²) in [5.74, 6) is 1.84. The molecule has 4 heterocycles. The molecule has 1 unspecified atom stereocenters. The molecule has 2 saturated heterocycles. The van der Waals surface area contributed by atoms with Gasteiger partial charge in [-0.3, -0.25) is 9.69 Å². The molecule has 0 saturated carbocycles. The summed E-state index contributed by atoms with van der Waals surface area (Å²) >= 11 is 1.53. The summed E-state index contributed by atoms with van der Waals surface area (Å²) in [5.41, 5.74) is 0.838. The van der Waals surface area contributed by atoms with Crippen molar-refractivity contribution in [1.29, 1.82) is 0 Å². The molecule has 4 rings (SSSR count). The van der Waals surface area contributed by atoms with E-state index in [0.717, 1.165) is 67.9 Å². The van der Waals surface area contributed by atoms with Crippen molar-refractivity contribution in [2.75, 3.05) is 39.3 Å². The first kappa shape index (κ1) is 16.8. The third kappa shape index (κ3) is 3.78. The van der Waals surface area contributed by atoms with E-state index in [0.29, 0.717) is 12.5 Å². The fraction of sp³-hybridized carbons (Fsp3) is 0.556. The van der Waals surface area contributed by atoms with E-state index in [4.69, 9.17) is 4.42 Å². The van der Waals surface area contributed by atoms with Gasteiger partial charge in [-0.1, -0.05) is 0 Å². The molecule has 1 amide bonds. The van der Waals surface area contributed by atoms with E-state index in [1.165, 1.54) is 11.3 Å². The Bertz CT molecular complexity index is 735. The average molecular weight is 360 g/mol. The molecule has 0 spiro atoms. The lowest BCUT2D eigenvalue weighted by Gasteiger charge is -2.32. The second-order valence-corrected chi connectivity index (χ2v) is 7.66. The zero-order valence-corrected chi connectivity index (χ0v) is 15.3. The Morgan fingerprint density at radius 2 is 2.20 bits per heavy atom. The van der Waals surface area contributed by atoms with Crippen molar-refractivity contribution < 1.29 is 9.21 Å². The van der Waals surface area contributed by atoms with Gasteiger partial charge < -0.3 is 14.6 Å². The summed E-state index contributed by atoms with van der Waals surface area (Å²) in [5, 5.41) is 6.20. The fourth-order valence-electron chi connectivity index (χ4n) is 3.63. The van der Waals surface area contributed by atoms with Crippen molar-refractivity contribution in [1.82, 2.24) is 20.1 Å². The molecule has 0 aliphatic carbocycles. The zero-order valence-electron chi connectivity index (χ0n) is 14.5. The summed E-state index contributed by atoms with van der Waals surface area (Å²) < 4.78 is 5.61. The zero-order chi connectivity index (χ0) is 17.2. The Morgan fingerprint density at radius 3 is 2.96 bits per heavy atom. The van der Waals surface area contributed by atoms with Crippen molar-refractivity contribution >= 4 is 17.2 Å². The maximum Gasteiger partial charge on any atom is 0.228 e. The fourth-order valence-corrected chi connectivity index (χ4v) is 4.41. The first-order valence-corrected chi connectivity index (χ1v) is 9.81. The van der Waals surface area contributed by atoms with Crippen molar-refractivity contribution in [3.63, 3.8) is 0 Å². The molecule has 2 fully saturated rings. The second kappa shape index (κ2) is 7.27. The summed E-state index contributed by atoms with van der Waals surface area (Å²) in [7, 11) is 0. The molecule has 0 bridgehead atoms. The molecular formula is C18H24N4O2S. The van der Waals surface area contributed by atoms with Crippen LogP contribution >= 0.6 is 11.3 Å². The van der Waals surface area contributed by atoms with Crippen molar-refractivity contribution in [3.05, 3.63) is 29.0 Å². The Kier molecular flexibility index (Phi) is 4.87. The van der Waals surface area contributed by atoms with Crippen LogP contribution in [0.3, 0.4) is 0 Å². The number of likely N-dealkylation sites (tertiary alicyclic amines) is 1. The maximum atomic E-state index is 12.6. The normalized spacial score (nSPS) is 21.8. The first-order chi connectivity index (χ1) is 12.2. The Labute approximate surface area is 151 Å². The highest BCUT2D eigenvalue weighted by Crippen LogP contribution is 2.26. The van der Waals surface area contributed by atoms with E-state index in [9.17, 15) is 4.79 Å². The Morgan fingerprint density at radius 1 is 1.36 bits per heavy atom. The van der Waals surface area contributed by atoms with E-state index in [1.54, 1.807) is 0 Å². The summed E-state index contributed by atoms with van der Waals surface area (Å²) in [6.07, 6.45) is 1.46. The van der Waals surface area contributed by atoms with Crippen molar-refractivity contribution in [2.24, 2.45) is 0 Å². The van der Waals surface area contributed by atoms with Crippen LogP contribution in [0.25, 0.3) is 10.8 Å². The molecule has 2 aromatic heterocycles. The largest absolute Gasteiger partial charge is 0.459 e. The van der Waals surface area contributed by atoms with E-state index in [2.05, 4.69) is 15.2 Å². The minimum absolute atomic E-state index is 0.185. The molecule has 1 N–H and O–H groups in total. The Balaban J connectivity index is 1.34. The van der Waals surface area contributed by atoms with Crippen LogP contribution in [0.1, 0.15) is 17.9 Å². The van der Waals surface area contributed by atoms with E-state index in [-0.39, 0.29) is 5.91 Å². The number of piperazine rings is 1. The van der Waals surface area contributed by atoms with Crippen molar-refractivity contribution in [3.8, 4) is 10.8 Å². The first-order valence-electron chi connectivity index (χ1n) is 8.93. The van der Waals surface area contributed by atoms with Gasteiger partial charge in [0.05, 0.1) is 12.1 Å². The number of aryl methyl sites for hydroxylation is 1. The van der Waals surface area contributed by atoms with Crippen LogP contribution in [-0.4, -0.2) is 66.0 Å². The van der Waals surface area contributed by atoms with Gasteiger partial charge in [-0.05, 0) is 25.5 Å². The van der Waals surface area contributed by atoms with Crippen LogP contribution in [0.4, 0.5) is 0 Å². The maximum absolute atomic E-state index is 12.6. The lowest BCUT2D eigenvalue weighted by molar-refractivity contribution is -0.129. The van der Waals surface area contributed by atoms with Gasteiger partial charge in [0.25, 0.3) is 0 Å². The van der Waals surface area contributed by atoms with Crippen molar-refractivity contribution in [2.45, 2.75) is 25.8 Å². The van der Waals surface area contributed by atoms with Crippen LogP contribution in [0.2, 0.25) is 0 Å². The highest BCUT2D eigenvalue weighted by atomic mass is 32.1. The summed E-state index contributed by atoms with van der Waals surface area (Å²) in [6.45, 7) is 7.92. The minimum Gasteiger partial charge on any atom is -0.459 e. The molecule has 6 nitrogen and oxygen atoms in total. The third-order valence-corrected chi connectivity index (χ3v) is 5.92. The van der Waals surface area contributed by atoms with E-state index < -0.39 is 0 Å². The molecule has 1 atom stereocenters. The number of furan rings is 1. The number of thiazole rings is 1. The number of hydrogen-bond acceptors (Lipinski definition) is 6. The Hall–Kier alpha value is -1.70. The SMILES string of the molecule is Cc1ccc(-c2nc(CC(=O)N3CCC(N4CCNCC4)C3)cs2)o1. The lowest BCUT2D eigenvalue weighted by atomic mass is 10.2. The second-order valence-electron chi connectivity index (χ2n) is 6.80. The van der Waals surface area contributed by atoms with Gasteiger partial charge in [-0.2, -0.15) is 0 Å². The average Bonchev–Trinajstić information content (AvgIpc) is 3.35. The topological polar surface area (TPSA) is 61.6 Å². The molecule has 2 aromatic rings. The van der Waals surface area contributed by atoms with E-state index >= 15 is 0 Å². The minimum atomic E-state index is 0.185. The number of nitrogens with one attached hydrogen (secondary N) is 1. The highest BCUT2D eigenvalue weighted by Gasteiger charge is 2.31. The number of carbonyl (C=O) groups excluding carboxylic acids is 1. The monoisotopic (exact) mass is 360 g/mol. The number of nitrogens with zero attached hydrogens (tertiary/aromatic N) is 3. The number of aromatic nitrogens is 1. The lowest BCUT2D eigenvalue weighted by Crippen LogP contribution is -2.49. The molecule has 134 valence electrons.